The smallest absolute Gasteiger partial charge is 0.240 e. The number of aliphatic hydroxyl groups is 1. The lowest BCUT2D eigenvalue weighted by Crippen LogP contribution is -2.54. The van der Waals surface area contributed by atoms with E-state index in [2.05, 4.69) is 27.2 Å². The second kappa shape index (κ2) is 7.63. The van der Waals surface area contributed by atoms with Crippen molar-refractivity contribution < 1.29 is 14.4 Å². The molecule has 2 N–H and O–H groups in total. The third kappa shape index (κ3) is 5.29. The van der Waals surface area contributed by atoms with Crippen LogP contribution in [0.15, 0.2) is 10.6 Å². The fraction of sp³-hybridized carbons (Fsp3) is 0.765. The van der Waals surface area contributed by atoms with Crippen molar-refractivity contribution in [2.75, 3.05) is 38.0 Å². The molecule has 0 aliphatic carbocycles. The van der Waals surface area contributed by atoms with Gasteiger partial charge in [-0.3, -0.25) is 19.9 Å². The number of carbonyl (C=O) groups excluding carboxylic acids is 1. The van der Waals surface area contributed by atoms with E-state index in [1.807, 2.05) is 20.8 Å². The van der Waals surface area contributed by atoms with Crippen molar-refractivity contribution >= 4 is 11.8 Å². The summed E-state index contributed by atoms with van der Waals surface area (Å²) in [5.41, 5.74) is 0.709. The van der Waals surface area contributed by atoms with Crippen molar-refractivity contribution in [2.24, 2.45) is 0 Å². The molecule has 0 spiro atoms. The Bertz CT molecular complexity index is 550. The van der Waals surface area contributed by atoms with Crippen molar-refractivity contribution in [3.63, 3.8) is 0 Å². The van der Waals surface area contributed by atoms with E-state index in [1.54, 1.807) is 13.0 Å². The third-order valence-corrected chi connectivity index (χ3v) is 4.26. The Kier molecular flexibility index (Phi) is 6.01. The highest BCUT2D eigenvalue weighted by atomic mass is 16.5. The van der Waals surface area contributed by atoms with Crippen molar-refractivity contribution in [3.8, 4) is 0 Å². The number of hydrogen-bond acceptors (Lipinski definition) is 6. The minimum absolute atomic E-state index is 0.0946. The first-order chi connectivity index (χ1) is 11.1. The number of nitrogens with one attached hydrogen (secondary N) is 1. The number of anilines is 1. The maximum Gasteiger partial charge on any atom is 0.240 e. The number of aromatic nitrogens is 1. The summed E-state index contributed by atoms with van der Waals surface area (Å²) in [5.74, 6) is 0.300. The summed E-state index contributed by atoms with van der Waals surface area (Å²) >= 11 is 0. The van der Waals surface area contributed by atoms with Gasteiger partial charge in [-0.2, -0.15) is 0 Å². The van der Waals surface area contributed by atoms with Crippen molar-refractivity contribution in [3.05, 3.63) is 11.8 Å². The monoisotopic (exact) mass is 338 g/mol. The number of hydrogen-bond donors (Lipinski definition) is 2. The molecule has 1 fully saturated rings. The summed E-state index contributed by atoms with van der Waals surface area (Å²) in [6, 6.07) is 2.10. The molecule has 0 radical (unpaired) electrons. The molecule has 0 unspecified atom stereocenters. The number of β-amino-alcohol motifs (C(OH)–C–C–N with tert-alkyl or cyclic N) is 1. The van der Waals surface area contributed by atoms with Gasteiger partial charge in [0.2, 0.25) is 11.8 Å². The van der Waals surface area contributed by atoms with Gasteiger partial charge in [-0.15, -0.1) is 0 Å². The molecule has 0 aromatic carbocycles. The van der Waals surface area contributed by atoms with Crippen LogP contribution in [0, 0.1) is 0 Å². The highest BCUT2D eigenvalue weighted by molar-refractivity contribution is 5.91. The topological polar surface area (TPSA) is 81.8 Å². The molecule has 1 aromatic rings. The molecule has 1 amide bonds. The van der Waals surface area contributed by atoms with Crippen LogP contribution < -0.4 is 5.32 Å². The van der Waals surface area contributed by atoms with Gasteiger partial charge in [-0.05, 0) is 13.8 Å². The van der Waals surface area contributed by atoms with Gasteiger partial charge in [0.05, 0.1) is 18.3 Å². The molecule has 2 rings (SSSR count). The SMILES string of the molecule is C[C@@H]1CN(CC(=O)Nc2cc(C(C)(C)C)no2)CCN1C[C@@H](C)O. The van der Waals surface area contributed by atoms with E-state index < -0.39 is 0 Å². The average molecular weight is 338 g/mol. The molecular formula is C17H30N4O3. The molecule has 136 valence electrons. The lowest BCUT2D eigenvalue weighted by molar-refractivity contribution is -0.118. The van der Waals surface area contributed by atoms with E-state index in [1.165, 1.54) is 0 Å². The van der Waals surface area contributed by atoms with Crippen LogP contribution >= 0.6 is 0 Å². The summed E-state index contributed by atoms with van der Waals surface area (Å²) < 4.78 is 5.20. The predicted molar refractivity (Wildman–Crippen MR) is 93.0 cm³/mol. The molecule has 7 nitrogen and oxygen atoms in total. The van der Waals surface area contributed by atoms with Crippen LogP contribution in [0.25, 0.3) is 0 Å². The van der Waals surface area contributed by atoms with Gasteiger partial charge in [0.1, 0.15) is 0 Å². The van der Waals surface area contributed by atoms with Gasteiger partial charge in [0.15, 0.2) is 0 Å². The van der Waals surface area contributed by atoms with E-state index in [-0.39, 0.29) is 17.4 Å². The number of aliphatic hydroxyl groups excluding tert-OH is 1. The van der Waals surface area contributed by atoms with Crippen LogP contribution in [0.5, 0.6) is 0 Å². The molecular weight excluding hydrogens is 308 g/mol. The molecule has 0 saturated carbocycles. The molecule has 2 atom stereocenters. The third-order valence-electron chi connectivity index (χ3n) is 4.26. The van der Waals surface area contributed by atoms with E-state index >= 15 is 0 Å². The molecule has 1 aromatic heterocycles. The summed E-state index contributed by atoms with van der Waals surface area (Å²) in [7, 11) is 0. The second-order valence-electron chi connectivity index (χ2n) is 7.80. The first-order valence-electron chi connectivity index (χ1n) is 8.56. The predicted octanol–water partition coefficient (Wildman–Crippen LogP) is 1.30. The second-order valence-corrected chi connectivity index (χ2v) is 7.80. The zero-order valence-corrected chi connectivity index (χ0v) is 15.4. The minimum atomic E-state index is -0.328. The van der Waals surface area contributed by atoms with Gasteiger partial charge in [0, 0.05) is 43.7 Å². The highest BCUT2D eigenvalue weighted by Gasteiger charge is 2.26. The van der Waals surface area contributed by atoms with Crippen LogP contribution in [0.2, 0.25) is 0 Å². The number of rotatable bonds is 5. The maximum atomic E-state index is 12.2. The number of amides is 1. The van der Waals surface area contributed by atoms with Crippen LogP contribution in [-0.4, -0.2) is 70.8 Å². The number of piperazine rings is 1. The van der Waals surface area contributed by atoms with Crippen molar-refractivity contribution in [1.29, 1.82) is 0 Å². The van der Waals surface area contributed by atoms with Crippen molar-refractivity contribution in [2.45, 2.75) is 52.2 Å². The van der Waals surface area contributed by atoms with Gasteiger partial charge >= 0.3 is 0 Å². The molecule has 1 aliphatic heterocycles. The quantitative estimate of drug-likeness (QED) is 0.842. The van der Waals surface area contributed by atoms with Crippen LogP contribution in [0.1, 0.15) is 40.3 Å². The summed E-state index contributed by atoms with van der Waals surface area (Å²) in [5, 5.41) is 16.3. The van der Waals surface area contributed by atoms with Gasteiger partial charge in [-0.25, -0.2) is 0 Å². The van der Waals surface area contributed by atoms with Crippen molar-refractivity contribution in [1.82, 2.24) is 15.0 Å². The first kappa shape index (κ1) is 18.9. The lowest BCUT2D eigenvalue weighted by atomic mass is 9.92. The van der Waals surface area contributed by atoms with Gasteiger partial charge in [-0.1, -0.05) is 25.9 Å². The average Bonchev–Trinajstić information content (AvgIpc) is 2.90. The zero-order valence-electron chi connectivity index (χ0n) is 15.4. The largest absolute Gasteiger partial charge is 0.392 e. The molecule has 2 heterocycles. The van der Waals surface area contributed by atoms with E-state index in [0.717, 1.165) is 25.3 Å². The van der Waals surface area contributed by atoms with Crippen LogP contribution in [0.4, 0.5) is 5.88 Å². The summed E-state index contributed by atoms with van der Waals surface area (Å²) in [6.45, 7) is 13.6. The fourth-order valence-corrected chi connectivity index (χ4v) is 2.89. The Labute approximate surface area is 144 Å². The summed E-state index contributed by atoms with van der Waals surface area (Å²) in [6.07, 6.45) is -0.328. The number of carbonyl (C=O) groups is 1. The Balaban J connectivity index is 1.82. The Hall–Kier alpha value is -1.44. The highest BCUT2D eigenvalue weighted by Crippen LogP contribution is 2.23. The normalized spacial score (nSPS) is 21.7. The Morgan fingerprint density at radius 2 is 2.21 bits per heavy atom. The molecule has 0 bridgehead atoms. The lowest BCUT2D eigenvalue weighted by Gasteiger charge is -2.40. The molecule has 1 saturated heterocycles. The standard InChI is InChI=1S/C17H30N4O3/c1-12-9-20(6-7-21(12)10-13(2)22)11-15(23)18-16-8-14(19-24-16)17(3,4)5/h8,12-13,22H,6-7,9-11H2,1-5H3,(H,18,23)/t12-,13-/m1/s1. The summed E-state index contributed by atoms with van der Waals surface area (Å²) in [4.78, 5) is 16.6. The van der Waals surface area contributed by atoms with Gasteiger partial charge < -0.3 is 9.63 Å². The Morgan fingerprint density at radius 3 is 2.75 bits per heavy atom. The minimum Gasteiger partial charge on any atom is -0.392 e. The fourth-order valence-electron chi connectivity index (χ4n) is 2.89. The van der Waals surface area contributed by atoms with E-state index in [4.69, 9.17) is 4.52 Å². The van der Waals surface area contributed by atoms with Crippen LogP contribution in [-0.2, 0) is 10.2 Å². The molecule has 24 heavy (non-hydrogen) atoms. The number of nitrogens with zero attached hydrogens (tertiary/aromatic N) is 3. The van der Waals surface area contributed by atoms with Gasteiger partial charge in [0.25, 0.3) is 0 Å². The first-order valence-corrected chi connectivity index (χ1v) is 8.56. The van der Waals surface area contributed by atoms with Crippen LogP contribution in [0.3, 0.4) is 0 Å². The Morgan fingerprint density at radius 1 is 1.50 bits per heavy atom. The zero-order chi connectivity index (χ0) is 17.9. The van der Waals surface area contributed by atoms with E-state index in [0.29, 0.717) is 25.0 Å². The van der Waals surface area contributed by atoms with E-state index in [9.17, 15) is 9.90 Å². The molecule has 1 aliphatic rings. The molecule has 7 heteroatoms. The maximum absolute atomic E-state index is 12.2.